The highest BCUT2D eigenvalue weighted by Gasteiger charge is 2.35. The quantitative estimate of drug-likeness (QED) is 0.930. The van der Waals surface area contributed by atoms with Crippen LogP contribution in [0.2, 0.25) is 0 Å². The van der Waals surface area contributed by atoms with Crippen LogP contribution in [0.3, 0.4) is 0 Å². The van der Waals surface area contributed by atoms with Crippen molar-refractivity contribution in [2.24, 2.45) is 0 Å². The van der Waals surface area contributed by atoms with Crippen LogP contribution in [0.15, 0.2) is 30.3 Å². The molecule has 0 saturated carbocycles. The third-order valence-electron chi connectivity index (χ3n) is 4.02. The maximum Gasteiger partial charge on any atom is 0.410 e. The van der Waals surface area contributed by atoms with Crippen molar-refractivity contribution in [3.8, 4) is 0 Å². The number of rotatable bonds is 3. The fourth-order valence-electron chi connectivity index (χ4n) is 2.87. The molecule has 23 heavy (non-hydrogen) atoms. The highest BCUT2D eigenvalue weighted by molar-refractivity contribution is 5.68. The van der Waals surface area contributed by atoms with Gasteiger partial charge in [0.1, 0.15) is 5.60 Å². The first-order chi connectivity index (χ1) is 10.8. The van der Waals surface area contributed by atoms with E-state index in [2.05, 4.69) is 17.0 Å². The molecule has 128 valence electrons. The van der Waals surface area contributed by atoms with E-state index in [0.29, 0.717) is 6.54 Å². The highest BCUT2D eigenvalue weighted by Crippen LogP contribution is 2.20. The molecule has 1 aliphatic heterocycles. The van der Waals surface area contributed by atoms with E-state index in [1.165, 1.54) is 5.56 Å². The Morgan fingerprint density at radius 2 is 1.91 bits per heavy atom. The Morgan fingerprint density at radius 1 is 1.26 bits per heavy atom. The number of ether oxygens (including phenoxy) is 1. The van der Waals surface area contributed by atoms with Crippen molar-refractivity contribution >= 4 is 6.09 Å². The zero-order valence-corrected chi connectivity index (χ0v) is 14.5. The van der Waals surface area contributed by atoms with Gasteiger partial charge in [-0.1, -0.05) is 30.3 Å². The molecule has 2 rings (SSSR count). The van der Waals surface area contributed by atoms with Gasteiger partial charge in [-0.2, -0.15) is 0 Å². The van der Waals surface area contributed by atoms with Crippen molar-refractivity contribution in [2.75, 3.05) is 19.7 Å². The van der Waals surface area contributed by atoms with E-state index in [1.807, 2.05) is 45.9 Å². The Kier molecular flexibility index (Phi) is 5.65. The number of nitrogens with zero attached hydrogens (tertiary/aromatic N) is 2. The third kappa shape index (κ3) is 4.94. The van der Waals surface area contributed by atoms with Crippen LogP contribution in [0.25, 0.3) is 0 Å². The van der Waals surface area contributed by atoms with Crippen LogP contribution < -0.4 is 0 Å². The standard InChI is InChI=1S/C18H28N2O3/c1-14-10-19(11-15-8-6-5-7-9-15)16(13-21)12-20(14)17(22)23-18(2,3)4/h5-9,14,16,21H,10-13H2,1-4H3/t14-,16?/m1/s1. The second kappa shape index (κ2) is 7.32. The fraction of sp³-hybridized carbons (Fsp3) is 0.611. The lowest BCUT2D eigenvalue weighted by atomic mass is 10.1. The SMILES string of the molecule is C[C@@H]1CN(Cc2ccccc2)C(CO)CN1C(=O)OC(C)(C)C. The molecule has 1 aromatic rings. The Hall–Kier alpha value is -1.59. The number of piperazine rings is 1. The Bertz CT molecular complexity index is 513. The monoisotopic (exact) mass is 320 g/mol. The van der Waals surface area contributed by atoms with Crippen LogP contribution in [-0.2, 0) is 11.3 Å². The minimum Gasteiger partial charge on any atom is -0.444 e. The summed E-state index contributed by atoms with van der Waals surface area (Å²) >= 11 is 0. The van der Waals surface area contributed by atoms with Crippen molar-refractivity contribution < 1.29 is 14.6 Å². The Balaban J connectivity index is 2.04. The number of hydrogen-bond acceptors (Lipinski definition) is 4. The number of amides is 1. The van der Waals surface area contributed by atoms with Crippen LogP contribution in [0, 0.1) is 0 Å². The number of carbonyl (C=O) groups is 1. The smallest absolute Gasteiger partial charge is 0.410 e. The Labute approximate surface area is 138 Å². The molecule has 1 unspecified atom stereocenters. The highest BCUT2D eigenvalue weighted by atomic mass is 16.6. The molecule has 5 nitrogen and oxygen atoms in total. The van der Waals surface area contributed by atoms with Gasteiger partial charge in [-0.05, 0) is 33.3 Å². The van der Waals surface area contributed by atoms with Gasteiger partial charge in [0.05, 0.1) is 12.6 Å². The molecule has 1 heterocycles. The second-order valence-corrected chi connectivity index (χ2v) is 7.23. The molecule has 5 heteroatoms. The lowest BCUT2D eigenvalue weighted by Crippen LogP contribution is -2.60. The van der Waals surface area contributed by atoms with Gasteiger partial charge < -0.3 is 14.7 Å². The molecular weight excluding hydrogens is 292 g/mol. The molecular formula is C18H28N2O3. The molecule has 0 radical (unpaired) electrons. The summed E-state index contributed by atoms with van der Waals surface area (Å²) in [6.45, 7) is 9.63. The fourth-order valence-corrected chi connectivity index (χ4v) is 2.87. The van der Waals surface area contributed by atoms with Crippen LogP contribution in [0.5, 0.6) is 0 Å². The summed E-state index contributed by atoms with van der Waals surface area (Å²) < 4.78 is 5.48. The summed E-state index contributed by atoms with van der Waals surface area (Å²) in [5.74, 6) is 0. The third-order valence-corrected chi connectivity index (χ3v) is 4.02. The molecule has 0 aromatic heterocycles. The zero-order chi connectivity index (χ0) is 17.0. The zero-order valence-electron chi connectivity index (χ0n) is 14.5. The first-order valence-electron chi connectivity index (χ1n) is 8.18. The normalized spacial score (nSPS) is 22.9. The van der Waals surface area contributed by atoms with E-state index < -0.39 is 5.60 Å². The first kappa shape index (κ1) is 17.8. The van der Waals surface area contributed by atoms with Gasteiger partial charge in [0.2, 0.25) is 0 Å². The lowest BCUT2D eigenvalue weighted by Gasteiger charge is -2.44. The van der Waals surface area contributed by atoms with Gasteiger partial charge in [-0.15, -0.1) is 0 Å². The van der Waals surface area contributed by atoms with Gasteiger partial charge in [0.15, 0.2) is 0 Å². The predicted octanol–water partition coefficient (Wildman–Crippen LogP) is 2.49. The number of benzene rings is 1. The molecule has 1 aliphatic rings. The van der Waals surface area contributed by atoms with E-state index >= 15 is 0 Å². The van der Waals surface area contributed by atoms with Crippen molar-refractivity contribution in [3.05, 3.63) is 35.9 Å². The molecule has 1 fully saturated rings. The summed E-state index contributed by atoms with van der Waals surface area (Å²) in [5, 5.41) is 9.74. The van der Waals surface area contributed by atoms with Gasteiger partial charge in [0, 0.05) is 25.7 Å². The second-order valence-electron chi connectivity index (χ2n) is 7.23. The maximum absolute atomic E-state index is 12.4. The predicted molar refractivity (Wildman–Crippen MR) is 90.1 cm³/mol. The maximum atomic E-state index is 12.4. The summed E-state index contributed by atoms with van der Waals surface area (Å²) in [6.07, 6.45) is -0.303. The van der Waals surface area contributed by atoms with Crippen molar-refractivity contribution in [1.82, 2.24) is 9.80 Å². The number of aliphatic hydroxyl groups excluding tert-OH is 1. The molecule has 0 bridgehead atoms. The van der Waals surface area contributed by atoms with Crippen LogP contribution in [-0.4, -0.2) is 58.4 Å². The molecule has 0 spiro atoms. The van der Waals surface area contributed by atoms with Crippen molar-refractivity contribution in [1.29, 1.82) is 0 Å². The van der Waals surface area contributed by atoms with Crippen molar-refractivity contribution in [3.63, 3.8) is 0 Å². The molecule has 1 aromatic carbocycles. The summed E-state index contributed by atoms with van der Waals surface area (Å²) in [7, 11) is 0. The summed E-state index contributed by atoms with van der Waals surface area (Å²) in [4.78, 5) is 16.3. The summed E-state index contributed by atoms with van der Waals surface area (Å²) in [5.41, 5.74) is 0.705. The lowest BCUT2D eigenvalue weighted by molar-refractivity contribution is -0.0238. The van der Waals surface area contributed by atoms with Crippen LogP contribution >= 0.6 is 0 Å². The van der Waals surface area contributed by atoms with E-state index in [9.17, 15) is 9.90 Å². The van der Waals surface area contributed by atoms with Gasteiger partial charge >= 0.3 is 6.09 Å². The number of aliphatic hydroxyl groups is 1. The minimum atomic E-state index is -0.507. The van der Waals surface area contributed by atoms with Crippen molar-refractivity contribution in [2.45, 2.75) is 51.9 Å². The molecule has 1 saturated heterocycles. The van der Waals surface area contributed by atoms with E-state index in [0.717, 1.165) is 13.1 Å². The topological polar surface area (TPSA) is 53.0 Å². The first-order valence-corrected chi connectivity index (χ1v) is 8.18. The van der Waals surface area contributed by atoms with E-state index in [1.54, 1.807) is 4.90 Å². The van der Waals surface area contributed by atoms with Crippen LogP contribution in [0.4, 0.5) is 4.79 Å². The molecule has 1 amide bonds. The van der Waals surface area contributed by atoms with Crippen LogP contribution in [0.1, 0.15) is 33.3 Å². The average molecular weight is 320 g/mol. The number of carbonyl (C=O) groups excluding carboxylic acids is 1. The van der Waals surface area contributed by atoms with E-state index in [-0.39, 0.29) is 24.8 Å². The average Bonchev–Trinajstić information content (AvgIpc) is 2.46. The summed E-state index contributed by atoms with van der Waals surface area (Å²) in [6, 6.07) is 10.2. The minimum absolute atomic E-state index is 0.0266. The Morgan fingerprint density at radius 3 is 2.48 bits per heavy atom. The van der Waals surface area contributed by atoms with E-state index in [4.69, 9.17) is 4.74 Å². The molecule has 1 N–H and O–H groups in total. The molecule has 2 atom stereocenters. The molecule has 0 aliphatic carbocycles. The van der Waals surface area contributed by atoms with Gasteiger partial charge in [-0.25, -0.2) is 4.79 Å². The van der Waals surface area contributed by atoms with Gasteiger partial charge in [0.25, 0.3) is 0 Å². The largest absolute Gasteiger partial charge is 0.444 e. The van der Waals surface area contributed by atoms with Gasteiger partial charge in [-0.3, -0.25) is 4.90 Å². The number of hydrogen-bond donors (Lipinski definition) is 1.